The van der Waals surface area contributed by atoms with E-state index in [1.807, 2.05) is 19.2 Å². The van der Waals surface area contributed by atoms with Crippen LogP contribution in [0.5, 0.6) is 0 Å². The van der Waals surface area contributed by atoms with Gasteiger partial charge in [-0.3, -0.25) is 10.1 Å². The van der Waals surface area contributed by atoms with E-state index in [1.165, 1.54) is 22.7 Å². The Labute approximate surface area is 145 Å². The number of halogens is 1. The Hall–Kier alpha value is -2.03. The Balaban J connectivity index is 1.83. The van der Waals surface area contributed by atoms with E-state index >= 15 is 0 Å². The Morgan fingerprint density at radius 3 is 2.83 bits per heavy atom. The van der Waals surface area contributed by atoms with E-state index in [9.17, 15) is 4.79 Å². The molecular formula is C14H12ClN5OS2. The lowest BCUT2D eigenvalue weighted by molar-refractivity contribution is 0.102. The standard InChI is InChI=1S/C14H12ClN5OS2/c1-7-6-22-14(17-7)20-12(21)11-13(23-8(2)18-11)19-9-3-4-16-10(15)5-9/h3-6H,1-2H3,(H,16,19)(H,17,20,21). The van der Waals surface area contributed by atoms with Crippen molar-refractivity contribution in [3.05, 3.63) is 45.3 Å². The molecule has 0 bridgehead atoms. The van der Waals surface area contributed by atoms with Crippen molar-refractivity contribution >= 4 is 56.0 Å². The van der Waals surface area contributed by atoms with Crippen molar-refractivity contribution in [3.8, 4) is 0 Å². The van der Waals surface area contributed by atoms with Gasteiger partial charge in [0.1, 0.15) is 10.2 Å². The van der Waals surface area contributed by atoms with E-state index in [1.54, 1.807) is 18.3 Å². The maximum absolute atomic E-state index is 12.4. The van der Waals surface area contributed by atoms with E-state index < -0.39 is 0 Å². The number of thiazole rings is 2. The minimum Gasteiger partial charge on any atom is -0.345 e. The largest absolute Gasteiger partial charge is 0.345 e. The summed E-state index contributed by atoms with van der Waals surface area (Å²) in [5.41, 5.74) is 1.94. The summed E-state index contributed by atoms with van der Waals surface area (Å²) < 4.78 is 0. The van der Waals surface area contributed by atoms with Crippen LogP contribution in [0.3, 0.4) is 0 Å². The molecular weight excluding hydrogens is 354 g/mol. The third-order valence-corrected chi connectivity index (χ3v) is 4.74. The first kappa shape index (κ1) is 15.9. The van der Waals surface area contributed by atoms with Gasteiger partial charge in [0.15, 0.2) is 10.8 Å². The summed E-state index contributed by atoms with van der Waals surface area (Å²) >= 11 is 8.65. The van der Waals surface area contributed by atoms with Crippen LogP contribution >= 0.6 is 34.3 Å². The number of nitrogens with one attached hydrogen (secondary N) is 2. The third-order valence-electron chi connectivity index (χ3n) is 2.77. The molecule has 1 amide bonds. The van der Waals surface area contributed by atoms with E-state index in [4.69, 9.17) is 11.6 Å². The first-order chi connectivity index (χ1) is 11.0. The Kier molecular flexibility index (Phi) is 4.56. The maximum atomic E-state index is 12.4. The van der Waals surface area contributed by atoms with E-state index in [0.717, 1.165) is 16.4 Å². The molecule has 6 nitrogen and oxygen atoms in total. The number of hydrogen-bond acceptors (Lipinski definition) is 7. The second-order valence-corrected chi connectivity index (χ2v) is 7.10. The van der Waals surface area contributed by atoms with Gasteiger partial charge in [-0.05, 0) is 26.0 Å². The van der Waals surface area contributed by atoms with E-state index in [-0.39, 0.29) is 5.91 Å². The highest BCUT2D eigenvalue weighted by Crippen LogP contribution is 2.29. The quantitative estimate of drug-likeness (QED) is 0.675. The lowest BCUT2D eigenvalue weighted by atomic mass is 10.3. The zero-order chi connectivity index (χ0) is 16.4. The minimum absolute atomic E-state index is 0.300. The zero-order valence-corrected chi connectivity index (χ0v) is 14.6. The van der Waals surface area contributed by atoms with Crippen molar-refractivity contribution in [2.45, 2.75) is 13.8 Å². The van der Waals surface area contributed by atoms with E-state index in [0.29, 0.717) is 21.0 Å². The van der Waals surface area contributed by atoms with Gasteiger partial charge in [0.25, 0.3) is 5.91 Å². The summed E-state index contributed by atoms with van der Waals surface area (Å²) in [4.78, 5) is 24.9. The van der Waals surface area contributed by atoms with Crippen LogP contribution in [0.15, 0.2) is 23.7 Å². The summed E-state index contributed by atoms with van der Waals surface area (Å²) in [6.45, 7) is 3.72. The maximum Gasteiger partial charge on any atom is 0.279 e. The van der Waals surface area contributed by atoms with Gasteiger partial charge in [-0.2, -0.15) is 0 Å². The van der Waals surface area contributed by atoms with Crippen molar-refractivity contribution in [2.24, 2.45) is 0 Å². The van der Waals surface area contributed by atoms with Crippen molar-refractivity contribution in [1.82, 2.24) is 15.0 Å². The number of aryl methyl sites for hydroxylation is 2. The van der Waals surface area contributed by atoms with Crippen LogP contribution in [0, 0.1) is 13.8 Å². The number of nitrogens with zero attached hydrogens (tertiary/aromatic N) is 3. The first-order valence-corrected chi connectivity index (χ1v) is 8.68. The summed E-state index contributed by atoms with van der Waals surface area (Å²) in [5, 5.41) is 10.2. The van der Waals surface area contributed by atoms with Gasteiger partial charge in [-0.25, -0.2) is 15.0 Å². The van der Waals surface area contributed by atoms with Crippen molar-refractivity contribution in [1.29, 1.82) is 0 Å². The second kappa shape index (κ2) is 6.61. The molecule has 0 saturated carbocycles. The first-order valence-electron chi connectivity index (χ1n) is 6.61. The molecule has 0 radical (unpaired) electrons. The van der Waals surface area contributed by atoms with Crippen LogP contribution < -0.4 is 10.6 Å². The topological polar surface area (TPSA) is 79.8 Å². The lowest BCUT2D eigenvalue weighted by Crippen LogP contribution is -2.13. The second-order valence-electron chi connectivity index (χ2n) is 4.65. The number of rotatable bonds is 4. The Bertz CT molecular complexity index is 860. The fourth-order valence-corrected chi connectivity index (χ4v) is 3.54. The SMILES string of the molecule is Cc1csc(NC(=O)c2nc(C)sc2Nc2ccnc(Cl)c2)n1. The average Bonchev–Trinajstić information content (AvgIpc) is 3.05. The van der Waals surface area contributed by atoms with Crippen LogP contribution in [0.2, 0.25) is 5.15 Å². The van der Waals surface area contributed by atoms with Crippen LogP contribution in [0.25, 0.3) is 0 Å². The predicted molar refractivity (Wildman–Crippen MR) is 94.2 cm³/mol. The number of anilines is 3. The number of carbonyl (C=O) groups excluding carboxylic acids is 1. The van der Waals surface area contributed by atoms with E-state index in [2.05, 4.69) is 25.6 Å². The summed E-state index contributed by atoms with van der Waals surface area (Å²) in [6, 6.07) is 3.45. The summed E-state index contributed by atoms with van der Waals surface area (Å²) in [6.07, 6.45) is 1.59. The van der Waals surface area contributed by atoms with Crippen molar-refractivity contribution in [2.75, 3.05) is 10.6 Å². The van der Waals surface area contributed by atoms with Gasteiger partial charge < -0.3 is 5.32 Å². The predicted octanol–water partition coefficient (Wildman–Crippen LogP) is 4.26. The molecule has 118 valence electrons. The number of carbonyl (C=O) groups is 1. The third kappa shape index (κ3) is 3.84. The molecule has 0 spiro atoms. The van der Waals surface area contributed by atoms with Gasteiger partial charge in [0.05, 0.1) is 10.7 Å². The van der Waals surface area contributed by atoms with Gasteiger partial charge in [0, 0.05) is 17.3 Å². The van der Waals surface area contributed by atoms with Crippen LogP contribution in [-0.2, 0) is 0 Å². The van der Waals surface area contributed by atoms with Gasteiger partial charge in [-0.1, -0.05) is 11.6 Å². The molecule has 9 heteroatoms. The molecule has 2 N–H and O–H groups in total. The molecule has 0 aliphatic carbocycles. The number of aromatic nitrogens is 3. The molecule has 0 atom stereocenters. The molecule has 3 heterocycles. The average molecular weight is 366 g/mol. The van der Waals surface area contributed by atoms with Crippen LogP contribution in [-0.4, -0.2) is 20.9 Å². The number of hydrogen-bond donors (Lipinski definition) is 2. The number of amides is 1. The molecule has 0 aliphatic rings. The zero-order valence-electron chi connectivity index (χ0n) is 12.3. The van der Waals surface area contributed by atoms with Crippen LogP contribution in [0.4, 0.5) is 15.8 Å². The summed E-state index contributed by atoms with van der Waals surface area (Å²) in [5.74, 6) is -0.300. The molecule has 0 aliphatic heterocycles. The van der Waals surface area contributed by atoms with Gasteiger partial charge >= 0.3 is 0 Å². The van der Waals surface area contributed by atoms with Gasteiger partial charge in [-0.15, -0.1) is 22.7 Å². The van der Waals surface area contributed by atoms with Crippen molar-refractivity contribution < 1.29 is 4.79 Å². The highest BCUT2D eigenvalue weighted by molar-refractivity contribution is 7.16. The highest BCUT2D eigenvalue weighted by Gasteiger charge is 2.18. The monoisotopic (exact) mass is 365 g/mol. The Morgan fingerprint density at radius 1 is 1.30 bits per heavy atom. The Morgan fingerprint density at radius 2 is 2.13 bits per heavy atom. The van der Waals surface area contributed by atoms with Crippen LogP contribution in [0.1, 0.15) is 21.2 Å². The molecule has 0 fully saturated rings. The summed E-state index contributed by atoms with van der Waals surface area (Å²) in [7, 11) is 0. The smallest absolute Gasteiger partial charge is 0.279 e. The minimum atomic E-state index is -0.300. The van der Waals surface area contributed by atoms with Gasteiger partial charge in [0.2, 0.25) is 0 Å². The molecule has 3 rings (SSSR count). The molecule has 0 aromatic carbocycles. The fraction of sp³-hybridized carbons (Fsp3) is 0.143. The number of pyridine rings is 1. The molecule has 23 heavy (non-hydrogen) atoms. The molecule has 0 saturated heterocycles. The molecule has 3 aromatic heterocycles. The highest BCUT2D eigenvalue weighted by atomic mass is 35.5. The molecule has 3 aromatic rings. The van der Waals surface area contributed by atoms with Crippen molar-refractivity contribution in [3.63, 3.8) is 0 Å². The lowest BCUT2D eigenvalue weighted by Gasteiger charge is -2.06. The normalized spacial score (nSPS) is 10.6. The molecule has 0 unspecified atom stereocenters. The fourth-order valence-electron chi connectivity index (χ4n) is 1.84.